The maximum absolute atomic E-state index is 5.65. The van der Waals surface area contributed by atoms with Gasteiger partial charge in [-0.3, -0.25) is 9.89 Å². The van der Waals surface area contributed by atoms with Crippen molar-refractivity contribution in [1.29, 1.82) is 0 Å². The minimum atomic E-state index is 0.314. The largest absolute Gasteiger partial charge is 0.496 e. The summed E-state index contributed by atoms with van der Waals surface area (Å²) < 4.78 is 5.65. The minimum Gasteiger partial charge on any atom is -0.496 e. The lowest BCUT2D eigenvalue weighted by Gasteiger charge is -2.35. The number of aliphatic imine (C=N–C) groups is 1. The van der Waals surface area contributed by atoms with Crippen molar-refractivity contribution in [2.24, 2.45) is 10.9 Å². The smallest absolute Gasteiger partial charge is 0.193 e. The fraction of sp³-hybridized carbons (Fsp3) is 0.667. The van der Waals surface area contributed by atoms with E-state index in [2.05, 4.69) is 45.2 Å². The number of benzene rings is 1. The van der Waals surface area contributed by atoms with Gasteiger partial charge in [-0.1, -0.05) is 25.1 Å². The van der Waals surface area contributed by atoms with Crippen molar-refractivity contribution in [3.63, 3.8) is 0 Å². The third kappa shape index (κ3) is 4.50. The van der Waals surface area contributed by atoms with Crippen molar-refractivity contribution in [3.8, 4) is 5.75 Å². The van der Waals surface area contributed by atoms with Crippen LogP contribution in [0.25, 0.3) is 0 Å². The average Bonchev–Trinajstić information content (AvgIpc) is 3.21. The second-order valence-corrected chi connectivity index (χ2v) is 7.60. The molecule has 0 radical (unpaired) electrons. The van der Waals surface area contributed by atoms with Crippen molar-refractivity contribution in [2.45, 2.75) is 38.6 Å². The predicted molar refractivity (Wildman–Crippen MR) is 108 cm³/mol. The first-order valence-corrected chi connectivity index (χ1v) is 10.1. The first-order valence-electron chi connectivity index (χ1n) is 10.1. The van der Waals surface area contributed by atoms with Crippen molar-refractivity contribution in [2.75, 3.05) is 46.9 Å². The van der Waals surface area contributed by atoms with E-state index in [1.54, 1.807) is 7.11 Å². The van der Waals surface area contributed by atoms with Gasteiger partial charge in [0, 0.05) is 32.2 Å². The fourth-order valence-corrected chi connectivity index (χ4v) is 4.17. The number of guanidine groups is 1. The molecular weight excluding hydrogens is 324 g/mol. The molecule has 2 aliphatic heterocycles. The lowest BCUT2D eigenvalue weighted by molar-refractivity contribution is 0.233. The molecule has 5 nitrogen and oxygen atoms in total. The highest BCUT2D eigenvalue weighted by molar-refractivity contribution is 5.80. The number of hydrogen-bond donors (Lipinski definition) is 1. The Kier molecular flexibility index (Phi) is 6.78. The maximum Gasteiger partial charge on any atom is 0.193 e. The Balaban J connectivity index is 1.71. The van der Waals surface area contributed by atoms with Crippen molar-refractivity contribution >= 4 is 5.96 Å². The number of para-hydroxylation sites is 1. The minimum absolute atomic E-state index is 0.314. The van der Waals surface area contributed by atoms with Gasteiger partial charge < -0.3 is 15.0 Å². The number of hydrogen-bond acceptors (Lipinski definition) is 3. The van der Waals surface area contributed by atoms with E-state index in [9.17, 15) is 0 Å². The molecule has 26 heavy (non-hydrogen) atoms. The molecule has 1 atom stereocenters. The third-order valence-corrected chi connectivity index (χ3v) is 5.83. The second kappa shape index (κ2) is 9.26. The molecule has 0 aromatic heterocycles. The predicted octanol–water partition coefficient (Wildman–Crippen LogP) is 3.14. The number of rotatable bonds is 5. The van der Waals surface area contributed by atoms with Crippen molar-refractivity contribution in [1.82, 2.24) is 15.1 Å². The van der Waals surface area contributed by atoms with E-state index in [4.69, 9.17) is 4.74 Å². The quantitative estimate of drug-likeness (QED) is 0.648. The molecule has 3 rings (SSSR count). The Bertz CT molecular complexity index is 589. The highest BCUT2D eigenvalue weighted by Crippen LogP contribution is 2.31. The molecule has 1 aromatic carbocycles. The summed E-state index contributed by atoms with van der Waals surface area (Å²) >= 11 is 0. The summed E-state index contributed by atoms with van der Waals surface area (Å²) in [5.74, 6) is 2.85. The second-order valence-electron chi connectivity index (χ2n) is 7.60. The zero-order valence-electron chi connectivity index (χ0n) is 16.6. The molecule has 2 saturated heterocycles. The highest BCUT2D eigenvalue weighted by Gasteiger charge is 2.27. The average molecular weight is 359 g/mol. The van der Waals surface area contributed by atoms with Crippen molar-refractivity contribution < 1.29 is 4.74 Å². The van der Waals surface area contributed by atoms with Crippen LogP contribution >= 0.6 is 0 Å². The lowest BCUT2D eigenvalue weighted by atomic mass is 9.99. The van der Waals surface area contributed by atoms with Gasteiger partial charge in [-0.2, -0.15) is 0 Å². The first-order chi connectivity index (χ1) is 12.7. The van der Waals surface area contributed by atoms with Gasteiger partial charge in [0.2, 0.25) is 0 Å². The summed E-state index contributed by atoms with van der Waals surface area (Å²) in [6.45, 7) is 7.72. The van der Waals surface area contributed by atoms with Crippen LogP contribution in [0.3, 0.4) is 0 Å². The summed E-state index contributed by atoms with van der Waals surface area (Å²) in [4.78, 5) is 9.54. The van der Waals surface area contributed by atoms with Gasteiger partial charge in [0.15, 0.2) is 5.96 Å². The van der Waals surface area contributed by atoms with Gasteiger partial charge in [-0.05, 0) is 50.8 Å². The van der Waals surface area contributed by atoms with E-state index >= 15 is 0 Å². The van der Waals surface area contributed by atoms with E-state index in [0.29, 0.717) is 6.04 Å². The molecule has 2 aliphatic rings. The SMILES string of the molecule is CN=C(NCC(c1ccccc1OC)N1CCCC1)N1CCC(C)CC1. The van der Waals surface area contributed by atoms with Gasteiger partial charge in [0.1, 0.15) is 5.75 Å². The summed E-state index contributed by atoms with van der Waals surface area (Å²) in [7, 11) is 3.66. The molecule has 1 N–H and O–H groups in total. The first kappa shape index (κ1) is 19.0. The Morgan fingerprint density at radius 3 is 2.54 bits per heavy atom. The van der Waals surface area contributed by atoms with Crippen LogP contribution in [-0.2, 0) is 0 Å². The Morgan fingerprint density at radius 2 is 1.88 bits per heavy atom. The van der Waals surface area contributed by atoms with Crippen LogP contribution in [0.1, 0.15) is 44.2 Å². The molecule has 2 heterocycles. The van der Waals surface area contributed by atoms with Gasteiger partial charge >= 0.3 is 0 Å². The van der Waals surface area contributed by atoms with Gasteiger partial charge in [-0.15, -0.1) is 0 Å². The van der Waals surface area contributed by atoms with Crippen LogP contribution in [0.4, 0.5) is 0 Å². The number of likely N-dealkylation sites (tertiary alicyclic amines) is 2. The lowest BCUT2D eigenvalue weighted by Crippen LogP contribution is -2.47. The molecule has 5 heteroatoms. The molecule has 2 fully saturated rings. The molecule has 144 valence electrons. The van der Waals surface area contributed by atoms with Crippen LogP contribution in [0.2, 0.25) is 0 Å². The summed E-state index contributed by atoms with van der Waals surface area (Å²) in [5.41, 5.74) is 1.27. The fourth-order valence-electron chi connectivity index (χ4n) is 4.17. The van der Waals surface area contributed by atoms with E-state index < -0.39 is 0 Å². The van der Waals surface area contributed by atoms with Crippen LogP contribution in [0, 0.1) is 5.92 Å². The topological polar surface area (TPSA) is 40.1 Å². The Labute approximate surface area is 158 Å². The number of ether oxygens (including phenoxy) is 1. The highest BCUT2D eigenvalue weighted by atomic mass is 16.5. The van der Waals surface area contributed by atoms with Crippen LogP contribution < -0.4 is 10.1 Å². The van der Waals surface area contributed by atoms with E-state index in [1.165, 1.54) is 31.2 Å². The summed E-state index contributed by atoms with van der Waals surface area (Å²) in [6, 6.07) is 8.75. The van der Waals surface area contributed by atoms with Crippen LogP contribution in [-0.4, -0.2) is 62.6 Å². The van der Waals surface area contributed by atoms with Gasteiger partial charge in [-0.25, -0.2) is 0 Å². The number of methoxy groups -OCH3 is 1. The summed E-state index contributed by atoms with van der Waals surface area (Å²) in [5, 5.41) is 3.66. The van der Waals surface area contributed by atoms with Gasteiger partial charge in [0.05, 0.1) is 13.2 Å². The molecule has 0 saturated carbocycles. The Hall–Kier alpha value is -1.75. The number of piperidine rings is 1. The van der Waals surface area contributed by atoms with Crippen molar-refractivity contribution in [3.05, 3.63) is 29.8 Å². The van der Waals surface area contributed by atoms with E-state index in [0.717, 1.165) is 50.4 Å². The number of nitrogens with one attached hydrogen (secondary N) is 1. The zero-order valence-corrected chi connectivity index (χ0v) is 16.6. The van der Waals surface area contributed by atoms with Crippen LogP contribution in [0.15, 0.2) is 29.3 Å². The van der Waals surface area contributed by atoms with Crippen LogP contribution in [0.5, 0.6) is 5.75 Å². The molecule has 0 amide bonds. The standard InChI is InChI=1S/C21H34N4O/c1-17-10-14-25(15-11-17)21(22-2)23-16-19(24-12-6-7-13-24)18-8-4-5-9-20(18)26-3/h4-5,8-9,17,19H,6-7,10-16H2,1-3H3,(H,22,23). The van der Waals surface area contributed by atoms with Gasteiger partial charge in [0.25, 0.3) is 0 Å². The maximum atomic E-state index is 5.65. The molecule has 1 aromatic rings. The third-order valence-electron chi connectivity index (χ3n) is 5.83. The monoisotopic (exact) mass is 358 g/mol. The molecule has 0 aliphatic carbocycles. The van der Waals surface area contributed by atoms with E-state index in [1.807, 2.05) is 13.1 Å². The molecular formula is C21H34N4O. The normalized spacial score (nSPS) is 21.0. The zero-order chi connectivity index (χ0) is 18.4. The molecule has 0 bridgehead atoms. The summed E-state index contributed by atoms with van der Waals surface area (Å²) in [6.07, 6.45) is 5.07. The Morgan fingerprint density at radius 1 is 1.19 bits per heavy atom. The number of nitrogens with zero attached hydrogens (tertiary/aromatic N) is 3. The molecule has 1 unspecified atom stereocenters. The van der Waals surface area contributed by atoms with E-state index in [-0.39, 0.29) is 0 Å². The molecule has 0 spiro atoms.